The summed E-state index contributed by atoms with van der Waals surface area (Å²) < 4.78 is 18.3. The van der Waals surface area contributed by atoms with Crippen LogP contribution in [0.1, 0.15) is 11.1 Å². The van der Waals surface area contributed by atoms with Crippen LogP contribution in [0.4, 0.5) is 17.6 Å². The molecule has 4 aromatic rings. The Morgan fingerprint density at radius 1 is 0.875 bits per heavy atom. The van der Waals surface area contributed by atoms with E-state index in [0.717, 1.165) is 53.3 Å². The molecule has 3 heterocycles. The van der Waals surface area contributed by atoms with Gasteiger partial charge in [0.2, 0.25) is 5.95 Å². The smallest absolute Gasteiger partial charge is 0.229 e. The van der Waals surface area contributed by atoms with Gasteiger partial charge in [-0.25, -0.2) is 0 Å². The third-order valence-electron chi connectivity index (χ3n) is 6.95. The van der Waals surface area contributed by atoms with E-state index in [-0.39, 0.29) is 0 Å². The van der Waals surface area contributed by atoms with E-state index in [1.807, 2.05) is 24.3 Å². The zero-order valence-corrected chi connectivity index (χ0v) is 23.7. The highest BCUT2D eigenvalue weighted by Gasteiger charge is 2.19. The van der Waals surface area contributed by atoms with Gasteiger partial charge in [0.05, 0.1) is 32.6 Å². The highest BCUT2D eigenvalue weighted by Crippen LogP contribution is 2.26. The number of hydrogen-bond donors (Lipinski definition) is 1. The van der Waals surface area contributed by atoms with Crippen LogP contribution in [0.3, 0.4) is 0 Å². The third-order valence-corrected chi connectivity index (χ3v) is 7.44. The van der Waals surface area contributed by atoms with Crippen LogP contribution in [0, 0.1) is 0 Å². The topological polar surface area (TPSA) is 84.3 Å². The van der Waals surface area contributed by atoms with Crippen molar-refractivity contribution in [1.82, 2.24) is 9.97 Å². The van der Waals surface area contributed by atoms with E-state index < -0.39 is 0 Å². The van der Waals surface area contributed by atoms with Crippen LogP contribution in [0.5, 0.6) is 5.75 Å². The van der Waals surface area contributed by atoms with Crippen molar-refractivity contribution in [2.75, 3.05) is 67.8 Å². The normalized spacial score (nSPS) is 16.0. The summed E-state index contributed by atoms with van der Waals surface area (Å²) in [6.07, 6.45) is 1.76. The number of nitrogens with one attached hydrogen (secondary N) is 1. The summed E-state index contributed by atoms with van der Waals surface area (Å²) in [5.41, 5.74) is 5.11. The van der Waals surface area contributed by atoms with Gasteiger partial charge in [-0.1, -0.05) is 58.4 Å². The average molecular weight is 604 g/mol. The summed E-state index contributed by atoms with van der Waals surface area (Å²) in [5, 5.41) is 6.93. The lowest BCUT2D eigenvalue weighted by molar-refractivity contribution is 0.121. The second-order valence-electron chi connectivity index (χ2n) is 9.59. The number of rotatable bonds is 8. The lowest BCUT2D eigenvalue weighted by atomic mass is 10.1. The standard InChI is InChI=1S/C30H31BrN6O3/c31-25-8-9-27(40-21-23-6-3-5-22-4-1-2-7-26(22)23)24(18-25)20-32-35-28-19-29(36-10-14-38-15-11-36)34-30(33-28)37-12-16-39-17-13-37/h1-9,18-20H,10-17,21H2,(H,33,34,35)/b32-20+. The van der Waals surface area contributed by atoms with Crippen LogP contribution in [-0.4, -0.2) is 68.8 Å². The van der Waals surface area contributed by atoms with Crippen molar-refractivity contribution >= 4 is 50.5 Å². The molecule has 0 aliphatic carbocycles. The van der Waals surface area contributed by atoms with Crippen molar-refractivity contribution in [3.63, 3.8) is 0 Å². The van der Waals surface area contributed by atoms with Crippen molar-refractivity contribution in [2.45, 2.75) is 6.61 Å². The maximum absolute atomic E-state index is 6.28. The molecule has 0 atom stereocenters. The average Bonchev–Trinajstić information content (AvgIpc) is 3.01. The zero-order chi connectivity index (χ0) is 27.1. The Morgan fingerprint density at radius 3 is 2.45 bits per heavy atom. The summed E-state index contributed by atoms with van der Waals surface area (Å²) in [4.78, 5) is 14.0. The molecule has 0 bridgehead atoms. The van der Waals surface area contributed by atoms with Crippen molar-refractivity contribution in [3.05, 3.63) is 82.3 Å². The number of hydrogen-bond acceptors (Lipinski definition) is 9. The summed E-state index contributed by atoms with van der Waals surface area (Å²) in [6, 6.07) is 22.5. The fourth-order valence-electron chi connectivity index (χ4n) is 4.83. The molecule has 2 saturated heterocycles. The number of anilines is 3. The third kappa shape index (κ3) is 6.35. The number of ether oxygens (including phenoxy) is 3. The molecule has 40 heavy (non-hydrogen) atoms. The van der Waals surface area contributed by atoms with Gasteiger partial charge < -0.3 is 24.0 Å². The van der Waals surface area contributed by atoms with Gasteiger partial charge in [0, 0.05) is 42.3 Å². The van der Waals surface area contributed by atoms with Gasteiger partial charge >= 0.3 is 0 Å². The summed E-state index contributed by atoms with van der Waals surface area (Å²) in [5.74, 6) is 2.90. The molecule has 1 aromatic heterocycles. The van der Waals surface area contributed by atoms with E-state index in [0.29, 0.717) is 44.8 Å². The van der Waals surface area contributed by atoms with E-state index in [4.69, 9.17) is 24.2 Å². The molecule has 0 saturated carbocycles. The van der Waals surface area contributed by atoms with Gasteiger partial charge in [-0.05, 0) is 34.5 Å². The SMILES string of the molecule is Brc1ccc(OCc2cccc3ccccc23)c(/C=N/Nc2cc(N3CCOCC3)nc(N3CCOCC3)n2)c1. The number of fused-ring (bicyclic) bond motifs is 1. The second kappa shape index (κ2) is 12.6. The van der Waals surface area contributed by atoms with Gasteiger partial charge in [-0.15, -0.1) is 0 Å². The number of nitrogens with zero attached hydrogens (tertiary/aromatic N) is 5. The Kier molecular flexibility index (Phi) is 8.36. The summed E-state index contributed by atoms with van der Waals surface area (Å²) in [7, 11) is 0. The largest absolute Gasteiger partial charge is 0.488 e. The highest BCUT2D eigenvalue weighted by atomic mass is 79.9. The van der Waals surface area contributed by atoms with Crippen LogP contribution >= 0.6 is 15.9 Å². The summed E-state index contributed by atoms with van der Waals surface area (Å²) >= 11 is 3.58. The Bertz CT molecular complexity index is 1450. The molecule has 0 amide bonds. The number of hydrazone groups is 1. The fourth-order valence-corrected chi connectivity index (χ4v) is 5.21. The molecule has 9 nitrogen and oxygen atoms in total. The fraction of sp³-hybridized carbons (Fsp3) is 0.300. The Balaban J connectivity index is 1.21. The van der Waals surface area contributed by atoms with Crippen LogP contribution < -0.4 is 20.0 Å². The molecule has 2 fully saturated rings. The first kappa shape index (κ1) is 26.5. The zero-order valence-electron chi connectivity index (χ0n) is 22.1. The van der Waals surface area contributed by atoms with Crippen LogP contribution in [0.2, 0.25) is 0 Å². The van der Waals surface area contributed by atoms with Gasteiger partial charge in [-0.2, -0.15) is 15.1 Å². The number of morpholine rings is 2. The molecule has 1 N–H and O–H groups in total. The molecular formula is C30H31BrN6O3. The lowest BCUT2D eigenvalue weighted by Gasteiger charge is -2.31. The van der Waals surface area contributed by atoms with E-state index in [1.54, 1.807) is 6.21 Å². The van der Waals surface area contributed by atoms with Crippen LogP contribution in [-0.2, 0) is 16.1 Å². The predicted molar refractivity (Wildman–Crippen MR) is 162 cm³/mol. The molecular weight excluding hydrogens is 572 g/mol. The molecule has 206 valence electrons. The number of aromatic nitrogens is 2. The minimum atomic E-state index is 0.453. The Hall–Kier alpha value is -3.73. The minimum absolute atomic E-state index is 0.453. The van der Waals surface area contributed by atoms with E-state index in [9.17, 15) is 0 Å². The number of halogens is 1. The first-order chi connectivity index (χ1) is 19.7. The van der Waals surface area contributed by atoms with Crippen molar-refractivity contribution in [1.29, 1.82) is 0 Å². The Labute approximate surface area is 241 Å². The van der Waals surface area contributed by atoms with E-state index in [1.165, 1.54) is 10.8 Å². The monoisotopic (exact) mass is 602 g/mol. The van der Waals surface area contributed by atoms with Crippen LogP contribution in [0.25, 0.3) is 10.8 Å². The quantitative estimate of drug-likeness (QED) is 0.220. The van der Waals surface area contributed by atoms with Gasteiger partial charge in [-0.3, -0.25) is 5.43 Å². The maximum Gasteiger partial charge on any atom is 0.229 e. The first-order valence-corrected chi connectivity index (χ1v) is 14.2. The predicted octanol–water partition coefficient (Wildman–Crippen LogP) is 5.09. The lowest BCUT2D eigenvalue weighted by Crippen LogP contribution is -2.39. The van der Waals surface area contributed by atoms with Gasteiger partial charge in [0.15, 0.2) is 5.82 Å². The molecule has 2 aliphatic heterocycles. The molecule has 0 unspecified atom stereocenters. The maximum atomic E-state index is 6.28. The Morgan fingerprint density at radius 2 is 1.62 bits per heavy atom. The second-order valence-corrected chi connectivity index (χ2v) is 10.5. The summed E-state index contributed by atoms with van der Waals surface area (Å²) in [6.45, 7) is 6.23. The highest BCUT2D eigenvalue weighted by molar-refractivity contribution is 9.10. The van der Waals surface area contributed by atoms with E-state index in [2.05, 4.69) is 78.7 Å². The first-order valence-electron chi connectivity index (χ1n) is 13.5. The molecule has 2 aliphatic rings. The molecule has 6 rings (SSSR count). The van der Waals surface area contributed by atoms with Gasteiger partial charge in [0.25, 0.3) is 0 Å². The van der Waals surface area contributed by atoms with Crippen molar-refractivity contribution in [3.8, 4) is 5.75 Å². The minimum Gasteiger partial charge on any atom is -0.488 e. The van der Waals surface area contributed by atoms with Crippen molar-refractivity contribution < 1.29 is 14.2 Å². The van der Waals surface area contributed by atoms with Crippen molar-refractivity contribution in [2.24, 2.45) is 5.10 Å². The molecule has 10 heteroatoms. The number of benzene rings is 3. The molecule has 0 spiro atoms. The molecule has 3 aromatic carbocycles. The molecule has 0 radical (unpaired) electrons. The van der Waals surface area contributed by atoms with Crippen LogP contribution in [0.15, 0.2) is 76.3 Å². The van der Waals surface area contributed by atoms with E-state index >= 15 is 0 Å². The van der Waals surface area contributed by atoms with Gasteiger partial charge in [0.1, 0.15) is 18.2 Å².